The van der Waals surface area contributed by atoms with E-state index in [0.717, 1.165) is 24.2 Å². The van der Waals surface area contributed by atoms with E-state index in [4.69, 9.17) is 0 Å². The third-order valence-electron chi connectivity index (χ3n) is 6.60. The van der Waals surface area contributed by atoms with E-state index in [-0.39, 0.29) is 11.9 Å². The maximum atomic E-state index is 13.6. The minimum absolute atomic E-state index is 0.0469. The third kappa shape index (κ3) is 4.05. The molecule has 2 fully saturated rings. The Morgan fingerprint density at radius 3 is 2.26 bits per heavy atom. The van der Waals surface area contributed by atoms with Gasteiger partial charge in [0.05, 0.1) is 19.1 Å². The van der Waals surface area contributed by atoms with Crippen LogP contribution in [0.5, 0.6) is 0 Å². The fourth-order valence-corrected chi connectivity index (χ4v) is 5.04. The van der Waals surface area contributed by atoms with Crippen molar-refractivity contribution in [2.75, 3.05) is 7.05 Å². The van der Waals surface area contributed by atoms with Crippen molar-refractivity contribution < 1.29 is 9.29 Å². The van der Waals surface area contributed by atoms with Crippen LogP contribution < -0.4 is 4.90 Å². The van der Waals surface area contributed by atoms with E-state index in [1.54, 1.807) is 12.1 Å². The molecule has 0 bridgehead atoms. The monoisotopic (exact) mass is 372 g/mol. The molecule has 0 radical (unpaired) electrons. The molecular weight excluding hydrogens is 341 g/mol. The molecule has 1 aromatic carbocycles. The number of nitrogens with zero attached hydrogens (tertiary/aromatic N) is 4. The van der Waals surface area contributed by atoms with Gasteiger partial charge in [0.15, 0.2) is 6.04 Å². The second kappa shape index (κ2) is 8.46. The molecule has 1 heterocycles. The minimum atomic E-state index is -0.195. The summed E-state index contributed by atoms with van der Waals surface area (Å²) in [5, 5.41) is 13.0. The molecule has 0 spiro atoms. The Labute approximate surface area is 160 Å². The van der Waals surface area contributed by atoms with Gasteiger partial charge in [-0.15, -0.1) is 5.10 Å². The number of hydrogen-bond donors (Lipinski definition) is 1. The summed E-state index contributed by atoms with van der Waals surface area (Å²) in [5.41, 5.74) is 1.10. The van der Waals surface area contributed by atoms with Crippen molar-refractivity contribution in [3.63, 3.8) is 0 Å². The number of halogens is 1. The summed E-state index contributed by atoms with van der Waals surface area (Å²) in [6.07, 6.45) is 12.5. The Bertz CT molecular complexity index is 716. The van der Waals surface area contributed by atoms with Crippen LogP contribution in [0, 0.1) is 5.82 Å². The number of rotatable bonds is 5. The summed E-state index contributed by atoms with van der Waals surface area (Å²) in [7, 11) is 2.27. The maximum Gasteiger partial charge on any atom is 0.214 e. The number of tetrazole rings is 1. The summed E-state index contributed by atoms with van der Waals surface area (Å²) in [6.45, 7) is 0. The van der Waals surface area contributed by atoms with Gasteiger partial charge in [0.25, 0.3) is 0 Å². The Balaban J connectivity index is 1.69. The molecule has 2 aliphatic rings. The Hall–Kier alpha value is -1.82. The number of quaternary nitrogens is 1. The van der Waals surface area contributed by atoms with Crippen LogP contribution in [0.4, 0.5) is 4.39 Å². The number of hydrogen-bond acceptors (Lipinski definition) is 3. The molecular formula is C21H31FN5+. The third-order valence-corrected chi connectivity index (χ3v) is 6.60. The normalized spacial score (nSPS) is 21.9. The zero-order valence-electron chi connectivity index (χ0n) is 16.3. The molecule has 2 saturated carbocycles. The molecule has 1 N–H and O–H groups in total. The zero-order valence-corrected chi connectivity index (χ0v) is 16.3. The van der Waals surface area contributed by atoms with E-state index in [2.05, 4.69) is 27.3 Å². The first-order valence-electron chi connectivity index (χ1n) is 10.6. The smallest absolute Gasteiger partial charge is 0.214 e. The molecule has 6 heteroatoms. The average Bonchev–Trinajstić information content (AvgIpc) is 3.20. The van der Waals surface area contributed by atoms with E-state index < -0.39 is 0 Å². The summed E-state index contributed by atoms with van der Waals surface area (Å²) in [4.78, 5) is 1.44. The number of nitrogens with one attached hydrogen (secondary N) is 1. The standard InChI is InChI=1S/C21H30FN5/c1-26(18-8-4-2-5-9-18)20(16-12-14-17(22)15-13-16)21-23-24-25-27(21)19-10-6-3-7-11-19/h12-15,18-20H,2-11H2,1H3/p+1/t20-/m0/s1. The van der Waals surface area contributed by atoms with Crippen LogP contribution in [-0.2, 0) is 0 Å². The first-order chi connectivity index (χ1) is 13.2. The summed E-state index contributed by atoms with van der Waals surface area (Å²) in [5.74, 6) is 0.747. The van der Waals surface area contributed by atoms with E-state index in [0.29, 0.717) is 12.1 Å². The SMILES string of the molecule is C[NH+](C1CCCCC1)[C@@H](c1ccc(F)cc1)c1nnnn1C1CCCCC1. The summed E-state index contributed by atoms with van der Waals surface area (Å²) >= 11 is 0. The lowest BCUT2D eigenvalue weighted by molar-refractivity contribution is -0.933. The van der Waals surface area contributed by atoms with Crippen LogP contribution in [0.1, 0.15) is 87.7 Å². The molecule has 1 unspecified atom stereocenters. The Morgan fingerprint density at radius 1 is 0.963 bits per heavy atom. The zero-order chi connectivity index (χ0) is 18.6. The molecule has 0 aliphatic heterocycles. The van der Waals surface area contributed by atoms with Crippen LogP contribution in [0.2, 0.25) is 0 Å². The van der Waals surface area contributed by atoms with E-state index in [1.165, 1.54) is 56.3 Å². The lowest BCUT2D eigenvalue weighted by atomic mass is 9.91. The van der Waals surface area contributed by atoms with Gasteiger partial charge in [-0.1, -0.05) is 25.7 Å². The summed E-state index contributed by atoms with van der Waals surface area (Å²) in [6, 6.07) is 7.98. The molecule has 2 aromatic rings. The second-order valence-corrected chi connectivity index (χ2v) is 8.34. The van der Waals surface area contributed by atoms with Crippen LogP contribution in [0.3, 0.4) is 0 Å². The van der Waals surface area contributed by atoms with Crippen LogP contribution in [0.15, 0.2) is 24.3 Å². The van der Waals surface area contributed by atoms with Gasteiger partial charge in [-0.2, -0.15) is 0 Å². The van der Waals surface area contributed by atoms with Gasteiger partial charge in [0.1, 0.15) is 5.82 Å². The van der Waals surface area contributed by atoms with Crippen LogP contribution in [0.25, 0.3) is 0 Å². The fourth-order valence-electron chi connectivity index (χ4n) is 5.04. The topological polar surface area (TPSA) is 48.0 Å². The quantitative estimate of drug-likeness (QED) is 0.876. The predicted octanol–water partition coefficient (Wildman–Crippen LogP) is 3.25. The molecule has 4 rings (SSSR count). The highest BCUT2D eigenvalue weighted by Crippen LogP contribution is 2.30. The van der Waals surface area contributed by atoms with Crippen LogP contribution in [-0.4, -0.2) is 33.3 Å². The number of benzene rings is 1. The maximum absolute atomic E-state index is 13.6. The van der Waals surface area contributed by atoms with Crippen molar-refractivity contribution in [1.82, 2.24) is 20.2 Å². The lowest BCUT2D eigenvalue weighted by Crippen LogP contribution is -3.13. The predicted molar refractivity (Wildman–Crippen MR) is 102 cm³/mol. The largest absolute Gasteiger partial charge is 0.322 e. The van der Waals surface area contributed by atoms with Gasteiger partial charge in [-0.3, -0.25) is 0 Å². The molecule has 5 nitrogen and oxygen atoms in total. The molecule has 146 valence electrons. The fraction of sp³-hybridized carbons (Fsp3) is 0.667. The van der Waals surface area contributed by atoms with Crippen molar-refractivity contribution in [3.8, 4) is 0 Å². The highest BCUT2D eigenvalue weighted by Gasteiger charge is 2.36. The van der Waals surface area contributed by atoms with Crippen LogP contribution >= 0.6 is 0 Å². The first-order valence-corrected chi connectivity index (χ1v) is 10.6. The van der Waals surface area contributed by atoms with Gasteiger partial charge in [-0.25, -0.2) is 9.07 Å². The first kappa shape index (κ1) is 18.5. The molecule has 27 heavy (non-hydrogen) atoms. The van der Waals surface area contributed by atoms with E-state index >= 15 is 0 Å². The lowest BCUT2D eigenvalue weighted by Gasteiger charge is -2.34. The van der Waals surface area contributed by atoms with Crippen molar-refractivity contribution in [2.45, 2.75) is 82.3 Å². The molecule has 2 aliphatic carbocycles. The minimum Gasteiger partial charge on any atom is -0.322 e. The average molecular weight is 373 g/mol. The van der Waals surface area contributed by atoms with Gasteiger partial charge >= 0.3 is 0 Å². The van der Waals surface area contributed by atoms with E-state index in [1.807, 2.05) is 12.1 Å². The van der Waals surface area contributed by atoms with Crippen molar-refractivity contribution in [2.24, 2.45) is 0 Å². The molecule has 0 amide bonds. The van der Waals surface area contributed by atoms with Gasteiger partial charge in [0, 0.05) is 5.56 Å². The van der Waals surface area contributed by atoms with Crippen molar-refractivity contribution in [3.05, 3.63) is 41.5 Å². The van der Waals surface area contributed by atoms with Gasteiger partial charge < -0.3 is 4.90 Å². The molecule has 0 saturated heterocycles. The highest BCUT2D eigenvalue weighted by molar-refractivity contribution is 5.23. The van der Waals surface area contributed by atoms with E-state index in [9.17, 15) is 4.39 Å². The molecule has 1 aromatic heterocycles. The van der Waals surface area contributed by atoms with Gasteiger partial charge in [0.2, 0.25) is 5.82 Å². The highest BCUT2D eigenvalue weighted by atomic mass is 19.1. The number of aromatic nitrogens is 4. The van der Waals surface area contributed by atoms with Gasteiger partial charge in [-0.05, 0) is 73.2 Å². The second-order valence-electron chi connectivity index (χ2n) is 8.34. The summed E-state index contributed by atoms with van der Waals surface area (Å²) < 4.78 is 15.6. The molecule has 2 atom stereocenters. The Morgan fingerprint density at radius 2 is 1.59 bits per heavy atom. The van der Waals surface area contributed by atoms with Crippen molar-refractivity contribution in [1.29, 1.82) is 0 Å². The Kier molecular flexibility index (Phi) is 5.81. The van der Waals surface area contributed by atoms with Crippen molar-refractivity contribution >= 4 is 0 Å².